The standard InChI is InChI=1S/C13H16ClN.C2H6/c1-2-13(7-9-15-10-8-13)11-3-5-12(14)6-4-11;1-2/h2-6,15H,1,7-10H2;1-2H3. The van der Waals surface area contributed by atoms with Gasteiger partial charge in [0.1, 0.15) is 0 Å². The number of benzene rings is 1. The summed E-state index contributed by atoms with van der Waals surface area (Å²) in [5, 5.41) is 4.18. The second-order valence-corrected chi connectivity index (χ2v) is 4.55. The van der Waals surface area contributed by atoms with Crippen LogP contribution in [0.25, 0.3) is 0 Å². The summed E-state index contributed by atoms with van der Waals surface area (Å²) in [7, 11) is 0. The predicted octanol–water partition coefficient (Wildman–Crippen LogP) is 4.17. The summed E-state index contributed by atoms with van der Waals surface area (Å²) in [6.07, 6.45) is 4.34. The van der Waals surface area contributed by atoms with Crippen molar-refractivity contribution in [1.82, 2.24) is 5.32 Å². The van der Waals surface area contributed by atoms with E-state index < -0.39 is 0 Å². The maximum atomic E-state index is 5.90. The average molecular weight is 252 g/mol. The van der Waals surface area contributed by atoms with Crippen LogP contribution >= 0.6 is 11.6 Å². The summed E-state index contributed by atoms with van der Waals surface area (Å²) < 4.78 is 0. The molecule has 0 aromatic heterocycles. The van der Waals surface area contributed by atoms with Crippen molar-refractivity contribution in [2.24, 2.45) is 0 Å². The lowest BCUT2D eigenvalue weighted by atomic mass is 9.73. The molecule has 1 saturated heterocycles. The predicted molar refractivity (Wildman–Crippen MR) is 76.8 cm³/mol. The van der Waals surface area contributed by atoms with E-state index in [2.05, 4.69) is 30.1 Å². The molecule has 2 rings (SSSR count). The van der Waals surface area contributed by atoms with Crippen molar-refractivity contribution < 1.29 is 0 Å². The Kier molecular flexibility index (Phi) is 5.73. The third-order valence-electron chi connectivity index (χ3n) is 3.31. The van der Waals surface area contributed by atoms with Crippen molar-refractivity contribution in [2.75, 3.05) is 13.1 Å². The fourth-order valence-electron chi connectivity index (χ4n) is 2.27. The molecule has 94 valence electrons. The summed E-state index contributed by atoms with van der Waals surface area (Å²) >= 11 is 5.90. The quantitative estimate of drug-likeness (QED) is 0.778. The van der Waals surface area contributed by atoms with E-state index in [0.29, 0.717) is 0 Å². The SMILES string of the molecule is C=CC1(c2ccc(Cl)cc2)CCNCC1.CC. The molecule has 1 fully saturated rings. The van der Waals surface area contributed by atoms with Gasteiger partial charge in [0.2, 0.25) is 0 Å². The van der Waals surface area contributed by atoms with Crippen molar-refractivity contribution >= 4 is 11.6 Å². The molecule has 1 aliphatic heterocycles. The zero-order chi connectivity index (χ0) is 12.7. The minimum Gasteiger partial charge on any atom is -0.317 e. The van der Waals surface area contributed by atoms with Crippen LogP contribution in [0, 0.1) is 0 Å². The summed E-state index contributed by atoms with van der Waals surface area (Å²) in [4.78, 5) is 0. The lowest BCUT2D eigenvalue weighted by Crippen LogP contribution is -2.38. The van der Waals surface area contributed by atoms with Crippen molar-refractivity contribution in [2.45, 2.75) is 32.1 Å². The van der Waals surface area contributed by atoms with Gasteiger partial charge in [-0.25, -0.2) is 0 Å². The van der Waals surface area contributed by atoms with Gasteiger partial charge in [0, 0.05) is 10.4 Å². The smallest absolute Gasteiger partial charge is 0.0406 e. The molecule has 0 bridgehead atoms. The first-order chi connectivity index (χ1) is 8.27. The molecule has 2 heteroatoms. The molecule has 1 N–H and O–H groups in total. The lowest BCUT2D eigenvalue weighted by molar-refractivity contribution is 0.374. The molecule has 0 aliphatic carbocycles. The summed E-state index contributed by atoms with van der Waals surface area (Å²) in [5.74, 6) is 0. The Bertz CT molecular complexity index is 336. The molecule has 0 saturated carbocycles. The van der Waals surface area contributed by atoms with Crippen molar-refractivity contribution in [3.8, 4) is 0 Å². The van der Waals surface area contributed by atoms with E-state index >= 15 is 0 Å². The maximum Gasteiger partial charge on any atom is 0.0406 e. The van der Waals surface area contributed by atoms with Gasteiger partial charge >= 0.3 is 0 Å². The van der Waals surface area contributed by atoms with Crippen LogP contribution in [-0.4, -0.2) is 13.1 Å². The van der Waals surface area contributed by atoms with Crippen LogP contribution in [0.15, 0.2) is 36.9 Å². The maximum absolute atomic E-state index is 5.90. The highest BCUT2D eigenvalue weighted by Gasteiger charge is 2.30. The minimum absolute atomic E-state index is 0.149. The van der Waals surface area contributed by atoms with Crippen LogP contribution < -0.4 is 5.32 Å². The third-order valence-corrected chi connectivity index (χ3v) is 3.56. The summed E-state index contributed by atoms with van der Waals surface area (Å²) in [5.41, 5.74) is 1.49. The first-order valence-electron chi connectivity index (χ1n) is 6.37. The van der Waals surface area contributed by atoms with Crippen LogP contribution in [0.5, 0.6) is 0 Å². The summed E-state index contributed by atoms with van der Waals surface area (Å²) in [6, 6.07) is 8.17. The Morgan fingerprint density at radius 2 is 1.71 bits per heavy atom. The second-order valence-electron chi connectivity index (χ2n) is 4.12. The lowest BCUT2D eigenvalue weighted by Gasteiger charge is -2.35. The largest absolute Gasteiger partial charge is 0.317 e. The van der Waals surface area contributed by atoms with Gasteiger partial charge < -0.3 is 5.32 Å². The molecule has 0 amide bonds. The molecule has 1 aromatic rings. The van der Waals surface area contributed by atoms with E-state index in [1.165, 1.54) is 5.56 Å². The zero-order valence-corrected chi connectivity index (χ0v) is 11.6. The minimum atomic E-state index is 0.149. The molecule has 0 atom stereocenters. The van der Waals surface area contributed by atoms with Crippen molar-refractivity contribution in [1.29, 1.82) is 0 Å². The fraction of sp³-hybridized carbons (Fsp3) is 0.467. The van der Waals surface area contributed by atoms with Crippen molar-refractivity contribution in [3.63, 3.8) is 0 Å². The van der Waals surface area contributed by atoms with E-state index in [1.54, 1.807) is 0 Å². The Hall–Kier alpha value is -0.790. The molecule has 17 heavy (non-hydrogen) atoms. The Morgan fingerprint density at radius 1 is 1.18 bits per heavy atom. The van der Waals surface area contributed by atoms with Crippen LogP contribution in [0.2, 0.25) is 5.02 Å². The van der Waals surface area contributed by atoms with Gasteiger partial charge in [-0.15, -0.1) is 6.58 Å². The number of rotatable bonds is 2. The Morgan fingerprint density at radius 3 is 2.18 bits per heavy atom. The van der Waals surface area contributed by atoms with Crippen molar-refractivity contribution in [3.05, 3.63) is 47.5 Å². The van der Waals surface area contributed by atoms with Gasteiger partial charge in [0.05, 0.1) is 0 Å². The number of nitrogens with one attached hydrogen (secondary N) is 1. The molecule has 0 spiro atoms. The third kappa shape index (κ3) is 3.34. The first-order valence-corrected chi connectivity index (χ1v) is 6.75. The van der Waals surface area contributed by atoms with E-state index in [1.807, 2.05) is 26.0 Å². The van der Waals surface area contributed by atoms with E-state index in [4.69, 9.17) is 11.6 Å². The highest BCUT2D eigenvalue weighted by molar-refractivity contribution is 6.30. The fourth-order valence-corrected chi connectivity index (χ4v) is 2.39. The number of allylic oxidation sites excluding steroid dienone is 1. The van der Waals surface area contributed by atoms with Gasteiger partial charge in [0.15, 0.2) is 0 Å². The monoisotopic (exact) mass is 251 g/mol. The highest BCUT2D eigenvalue weighted by atomic mass is 35.5. The topological polar surface area (TPSA) is 12.0 Å². The van der Waals surface area contributed by atoms with E-state index in [9.17, 15) is 0 Å². The van der Waals surface area contributed by atoms with Crippen LogP contribution in [0.4, 0.5) is 0 Å². The number of halogens is 1. The molecule has 1 aromatic carbocycles. The van der Waals surface area contributed by atoms with Gasteiger partial charge in [-0.2, -0.15) is 0 Å². The van der Waals surface area contributed by atoms with Gasteiger partial charge in [-0.1, -0.05) is 43.7 Å². The summed E-state index contributed by atoms with van der Waals surface area (Å²) in [6.45, 7) is 10.1. The highest BCUT2D eigenvalue weighted by Crippen LogP contribution is 2.34. The second kappa shape index (κ2) is 6.83. The first kappa shape index (κ1) is 14.3. The molecule has 0 unspecified atom stereocenters. The molecule has 1 nitrogen and oxygen atoms in total. The van der Waals surface area contributed by atoms with E-state index in [-0.39, 0.29) is 5.41 Å². The molecular formula is C15H22ClN. The van der Waals surface area contributed by atoms with Gasteiger partial charge in [0.25, 0.3) is 0 Å². The molecule has 1 heterocycles. The van der Waals surface area contributed by atoms with Crippen LogP contribution in [0.3, 0.4) is 0 Å². The van der Waals surface area contributed by atoms with Gasteiger partial charge in [-0.3, -0.25) is 0 Å². The Balaban J connectivity index is 0.000000686. The number of hydrogen-bond donors (Lipinski definition) is 1. The van der Waals surface area contributed by atoms with Crippen LogP contribution in [-0.2, 0) is 5.41 Å². The number of piperidine rings is 1. The number of hydrogen-bond acceptors (Lipinski definition) is 1. The normalized spacial score (nSPS) is 17.8. The molecule has 1 aliphatic rings. The van der Waals surface area contributed by atoms with E-state index in [0.717, 1.165) is 31.0 Å². The van der Waals surface area contributed by atoms with Crippen LogP contribution in [0.1, 0.15) is 32.3 Å². The molecule has 0 radical (unpaired) electrons. The molecular weight excluding hydrogens is 230 g/mol. The zero-order valence-electron chi connectivity index (χ0n) is 10.8. The Labute approximate surface area is 110 Å². The van der Waals surface area contributed by atoms with Gasteiger partial charge in [-0.05, 0) is 43.6 Å². The average Bonchev–Trinajstić information content (AvgIpc) is 2.42.